The molecule has 84 valence electrons. The van der Waals surface area contributed by atoms with Crippen molar-refractivity contribution in [2.75, 3.05) is 6.54 Å². The second-order valence-electron chi connectivity index (χ2n) is 5.39. The average molecular weight is 209 g/mol. The molecule has 3 nitrogen and oxygen atoms in total. The van der Waals surface area contributed by atoms with Crippen LogP contribution in [0.15, 0.2) is 0 Å². The minimum atomic E-state index is -0.132. The van der Waals surface area contributed by atoms with Crippen molar-refractivity contribution in [2.45, 2.75) is 40.2 Å². The Kier molecular flexibility index (Phi) is 2.18. The number of amides is 1. The number of piperidine rings is 1. The molecule has 1 aliphatic carbocycles. The Labute approximate surface area is 90.8 Å². The molecule has 3 atom stereocenters. The lowest BCUT2D eigenvalue weighted by molar-refractivity contribution is -0.137. The maximum Gasteiger partial charge on any atom is 0.220 e. The van der Waals surface area contributed by atoms with Gasteiger partial charge in [0.1, 0.15) is 0 Å². The van der Waals surface area contributed by atoms with Gasteiger partial charge in [0.2, 0.25) is 5.91 Å². The van der Waals surface area contributed by atoms with Crippen LogP contribution < -0.4 is 0 Å². The van der Waals surface area contributed by atoms with Crippen molar-refractivity contribution in [1.29, 1.82) is 0 Å². The van der Waals surface area contributed by atoms with Gasteiger partial charge in [0, 0.05) is 19.9 Å². The van der Waals surface area contributed by atoms with E-state index in [1.807, 2.05) is 6.92 Å². The lowest BCUT2D eigenvalue weighted by atomic mass is 9.97. The number of hydrogen-bond acceptors (Lipinski definition) is 2. The van der Waals surface area contributed by atoms with Crippen molar-refractivity contribution in [1.82, 2.24) is 4.90 Å². The summed E-state index contributed by atoms with van der Waals surface area (Å²) in [6, 6.07) is -0.132. The van der Waals surface area contributed by atoms with Crippen molar-refractivity contribution < 1.29 is 9.59 Å². The van der Waals surface area contributed by atoms with Gasteiger partial charge in [-0.15, -0.1) is 0 Å². The minimum Gasteiger partial charge on any atom is -0.332 e. The molecule has 3 heteroatoms. The first-order chi connectivity index (χ1) is 6.91. The van der Waals surface area contributed by atoms with Crippen LogP contribution in [0.25, 0.3) is 0 Å². The molecule has 1 heterocycles. The highest BCUT2D eigenvalue weighted by molar-refractivity contribution is 5.90. The van der Waals surface area contributed by atoms with E-state index >= 15 is 0 Å². The molecule has 2 rings (SSSR count). The molecule has 0 aromatic carbocycles. The number of hydrogen-bond donors (Lipinski definition) is 0. The van der Waals surface area contributed by atoms with E-state index in [9.17, 15) is 9.59 Å². The predicted octanol–water partition coefficient (Wildman–Crippen LogP) is 1.47. The summed E-state index contributed by atoms with van der Waals surface area (Å²) < 4.78 is 0. The lowest BCUT2D eigenvalue weighted by Crippen LogP contribution is -2.44. The largest absolute Gasteiger partial charge is 0.332 e. The van der Waals surface area contributed by atoms with Crippen molar-refractivity contribution in [3.63, 3.8) is 0 Å². The van der Waals surface area contributed by atoms with E-state index in [0.29, 0.717) is 18.3 Å². The monoisotopic (exact) mass is 209 g/mol. The lowest BCUT2D eigenvalue weighted by Gasteiger charge is -2.28. The summed E-state index contributed by atoms with van der Waals surface area (Å²) in [5.74, 6) is 1.23. The molecule has 0 unspecified atom stereocenters. The maximum absolute atomic E-state index is 11.9. The normalized spacial score (nSPS) is 36.3. The van der Waals surface area contributed by atoms with Gasteiger partial charge in [0.05, 0.1) is 6.04 Å². The second-order valence-corrected chi connectivity index (χ2v) is 5.39. The van der Waals surface area contributed by atoms with Gasteiger partial charge >= 0.3 is 0 Å². The van der Waals surface area contributed by atoms with Crippen molar-refractivity contribution in [3.8, 4) is 0 Å². The van der Waals surface area contributed by atoms with Crippen molar-refractivity contribution in [2.24, 2.45) is 17.3 Å². The number of carbonyl (C=O) groups is 2. The first-order valence-electron chi connectivity index (χ1n) is 5.71. The molecule has 2 aliphatic rings. The third-order valence-electron chi connectivity index (χ3n) is 4.29. The molecule has 0 spiro atoms. The van der Waals surface area contributed by atoms with Crippen LogP contribution in [0.1, 0.15) is 34.1 Å². The summed E-state index contributed by atoms with van der Waals surface area (Å²) in [5.41, 5.74) is 0.265. The predicted molar refractivity (Wildman–Crippen MR) is 57.2 cm³/mol. The van der Waals surface area contributed by atoms with Gasteiger partial charge in [-0.2, -0.15) is 0 Å². The van der Waals surface area contributed by atoms with Crippen LogP contribution >= 0.6 is 0 Å². The summed E-state index contributed by atoms with van der Waals surface area (Å²) in [6.07, 6.45) is 0.535. The van der Waals surface area contributed by atoms with Gasteiger partial charge in [0.25, 0.3) is 0 Å². The SMILES string of the molecule is CCC(=O)[C@@H]1[C@@H]2[C@H](CN1C(C)=O)C2(C)C. The first-order valence-corrected chi connectivity index (χ1v) is 5.71. The van der Waals surface area contributed by atoms with Gasteiger partial charge in [-0.25, -0.2) is 0 Å². The molecule has 1 aliphatic heterocycles. The highest BCUT2D eigenvalue weighted by Gasteiger charge is 2.68. The van der Waals surface area contributed by atoms with Crippen LogP contribution in [0.5, 0.6) is 0 Å². The van der Waals surface area contributed by atoms with Crippen LogP contribution in [0.4, 0.5) is 0 Å². The van der Waals surface area contributed by atoms with E-state index in [1.54, 1.807) is 11.8 Å². The topological polar surface area (TPSA) is 37.4 Å². The zero-order chi connectivity index (χ0) is 11.4. The molecular weight excluding hydrogens is 190 g/mol. The zero-order valence-electron chi connectivity index (χ0n) is 9.91. The molecular formula is C12H19NO2. The molecule has 0 radical (unpaired) electrons. The van der Waals surface area contributed by atoms with Gasteiger partial charge in [0.15, 0.2) is 5.78 Å². The van der Waals surface area contributed by atoms with Crippen molar-refractivity contribution >= 4 is 11.7 Å². The number of fused-ring (bicyclic) bond motifs is 1. The van der Waals surface area contributed by atoms with Gasteiger partial charge in [-0.05, 0) is 17.3 Å². The van der Waals surface area contributed by atoms with Crippen LogP contribution in [-0.4, -0.2) is 29.2 Å². The van der Waals surface area contributed by atoms with Crippen LogP contribution in [-0.2, 0) is 9.59 Å². The first kappa shape index (κ1) is 10.7. The van der Waals surface area contributed by atoms with E-state index in [2.05, 4.69) is 13.8 Å². The third-order valence-corrected chi connectivity index (χ3v) is 4.29. The standard InChI is InChI=1S/C12H19NO2/c1-5-9(15)11-10-8(12(10,3)4)6-13(11)7(2)14/h8,10-11H,5-6H2,1-4H3/t8-,10-,11+/m0/s1. The Morgan fingerprint density at radius 1 is 1.40 bits per heavy atom. The minimum absolute atomic E-state index is 0.0461. The third kappa shape index (κ3) is 1.32. The van der Waals surface area contributed by atoms with E-state index in [1.165, 1.54) is 0 Å². The van der Waals surface area contributed by atoms with E-state index in [-0.39, 0.29) is 23.1 Å². The number of likely N-dealkylation sites (tertiary alicyclic amines) is 1. The Bertz CT molecular complexity index is 322. The fourth-order valence-electron chi connectivity index (χ4n) is 3.19. The maximum atomic E-state index is 11.9. The molecule has 0 aromatic heterocycles. The smallest absolute Gasteiger partial charge is 0.220 e. The quantitative estimate of drug-likeness (QED) is 0.690. The number of rotatable bonds is 2. The fraction of sp³-hybridized carbons (Fsp3) is 0.833. The summed E-state index contributed by atoms with van der Waals surface area (Å²) in [5, 5.41) is 0. The highest BCUT2D eigenvalue weighted by Crippen LogP contribution is 2.65. The Morgan fingerprint density at radius 2 is 2.00 bits per heavy atom. The zero-order valence-corrected chi connectivity index (χ0v) is 9.91. The van der Waals surface area contributed by atoms with Crippen LogP contribution in [0.2, 0.25) is 0 Å². The average Bonchev–Trinajstić information content (AvgIpc) is 2.60. The summed E-state index contributed by atoms with van der Waals surface area (Å²) in [7, 11) is 0. The molecule has 1 saturated heterocycles. The van der Waals surface area contributed by atoms with Crippen LogP contribution in [0.3, 0.4) is 0 Å². The van der Waals surface area contributed by atoms with Gasteiger partial charge in [-0.3, -0.25) is 9.59 Å². The van der Waals surface area contributed by atoms with Crippen LogP contribution in [0, 0.1) is 17.3 Å². The molecule has 1 saturated carbocycles. The van der Waals surface area contributed by atoms with Gasteiger partial charge in [-0.1, -0.05) is 20.8 Å². The second kappa shape index (κ2) is 3.06. The molecule has 2 fully saturated rings. The molecule has 15 heavy (non-hydrogen) atoms. The van der Waals surface area contributed by atoms with E-state index in [0.717, 1.165) is 6.54 Å². The molecule has 1 amide bonds. The Morgan fingerprint density at radius 3 is 2.47 bits per heavy atom. The number of nitrogens with zero attached hydrogens (tertiary/aromatic N) is 1. The molecule has 0 bridgehead atoms. The van der Waals surface area contributed by atoms with E-state index in [4.69, 9.17) is 0 Å². The summed E-state index contributed by atoms with van der Waals surface area (Å²) in [6.45, 7) is 8.63. The van der Waals surface area contributed by atoms with Crippen molar-refractivity contribution in [3.05, 3.63) is 0 Å². The van der Waals surface area contributed by atoms with E-state index < -0.39 is 0 Å². The summed E-state index contributed by atoms with van der Waals surface area (Å²) in [4.78, 5) is 25.1. The Balaban J connectivity index is 2.22. The van der Waals surface area contributed by atoms with Gasteiger partial charge < -0.3 is 4.90 Å². The fourth-order valence-corrected chi connectivity index (χ4v) is 3.19. The number of carbonyl (C=O) groups excluding carboxylic acids is 2. The number of Topliss-reactive ketones (excluding diaryl/α,β-unsaturated/α-hetero) is 1. The highest BCUT2D eigenvalue weighted by atomic mass is 16.2. The Hall–Kier alpha value is -0.860. The summed E-state index contributed by atoms with van der Waals surface area (Å²) >= 11 is 0. The molecule has 0 N–H and O–H groups in total. The molecule has 0 aromatic rings. The number of ketones is 1.